The number of benzene rings is 3. The molecule has 0 spiro atoms. The summed E-state index contributed by atoms with van der Waals surface area (Å²) < 4.78 is 27.4. The highest BCUT2D eigenvalue weighted by Crippen LogP contribution is 2.35. The van der Waals surface area contributed by atoms with Crippen LogP contribution in [0.1, 0.15) is 5.56 Å². The van der Waals surface area contributed by atoms with Gasteiger partial charge in [0.15, 0.2) is 0 Å². The summed E-state index contributed by atoms with van der Waals surface area (Å²) in [4.78, 5) is 12.5. The van der Waals surface area contributed by atoms with Gasteiger partial charge in [0, 0.05) is 5.02 Å². The van der Waals surface area contributed by atoms with Crippen LogP contribution in [0.4, 0.5) is 5.69 Å². The fourth-order valence-corrected chi connectivity index (χ4v) is 4.74. The number of carbonyl (C=O) groups excluding carboxylic acids is 1. The summed E-state index contributed by atoms with van der Waals surface area (Å²) in [6, 6.07) is 19.1. The highest BCUT2D eigenvalue weighted by molar-refractivity contribution is 7.92. The number of hydrazone groups is 1. The molecule has 6 nitrogen and oxygen atoms in total. The molecule has 0 unspecified atom stereocenters. The number of sulfonamides is 1. The molecule has 1 N–H and O–H groups in total. The Hall–Kier alpha value is -2.58. The SMILES string of the molecule is O=C(CN(c1cccc(Cl)c1Cl)S(=O)(=O)c1ccccc1)N/N=C\c1cccc(Cl)c1. The van der Waals surface area contributed by atoms with Crippen molar-refractivity contribution in [2.75, 3.05) is 10.8 Å². The molecular weight excluding hydrogens is 481 g/mol. The number of amides is 1. The maximum atomic E-state index is 13.3. The summed E-state index contributed by atoms with van der Waals surface area (Å²) >= 11 is 18.2. The van der Waals surface area contributed by atoms with E-state index in [4.69, 9.17) is 34.8 Å². The Balaban J connectivity index is 1.88. The van der Waals surface area contributed by atoms with E-state index in [9.17, 15) is 13.2 Å². The lowest BCUT2D eigenvalue weighted by atomic mass is 10.2. The summed E-state index contributed by atoms with van der Waals surface area (Å²) in [6.45, 7) is -0.565. The second-order valence-corrected chi connectivity index (χ2v) is 9.33. The zero-order chi connectivity index (χ0) is 22.4. The first-order valence-corrected chi connectivity index (χ1v) is 11.5. The largest absolute Gasteiger partial charge is 0.271 e. The molecule has 0 aliphatic carbocycles. The fraction of sp³-hybridized carbons (Fsp3) is 0.0476. The van der Waals surface area contributed by atoms with Crippen molar-refractivity contribution < 1.29 is 13.2 Å². The van der Waals surface area contributed by atoms with E-state index < -0.39 is 22.5 Å². The quantitative estimate of drug-likeness (QED) is 0.370. The predicted molar refractivity (Wildman–Crippen MR) is 125 cm³/mol. The van der Waals surface area contributed by atoms with Gasteiger partial charge >= 0.3 is 0 Å². The minimum absolute atomic E-state index is 0.00118. The Kier molecular flexibility index (Phi) is 7.56. The van der Waals surface area contributed by atoms with Gasteiger partial charge in [0.25, 0.3) is 15.9 Å². The molecule has 0 heterocycles. The van der Waals surface area contributed by atoms with Crippen LogP contribution < -0.4 is 9.73 Å². The predicted octanol–water partition coefficient (Wildman–Crippen LogP) is 4.99. The Morgan fingerprint density at radius 2 is 1.68 bits per heavy atom. The van der Waals surface area contributed by atoms with Crippen LogP contribution in [0, 0.1) is 0 Å². The van der Waals surface area contributed by atoms with E-state index in [-0.39, 0.29) is 20.6 Å². The number of nitrogens with one attached hydrogen (secondary N) is 1. The molecule has 1 amide bonds. The Bertz CT molecular complexity index is 1220. The van der Waals surface area contributed by atoms with Gasteiger partial charge in [-0.2, -0.15) is 5.10 Å². The Morgan fingerprint density at radius 1 is 0.968 bits per heavy atom. The number of hydrogen-bond acceptors (Lipinski definition) is 4. The second-order valence-electron chi connectivity index (χ2n) is 6.25. The van der Waals surface area contributed by atoms with Crippen LogP contribution in [-0.2, 0) is 14.8 Å². The van der Waals surface area contributed by atoms with Crippen LogP contribution in [0.2, 0.25) is 15.1 Å². The van der Waals surface area contributed by atoms with Crippen LogP contribution in [0.5, 0.6) is 0 Å². The molecule has 0 saturated heterocycles. The molecule has 3 rings (SSSR count). The summed E-state index contributed by atoms with van der Waals surface area (Å²) in [6.07, 6.45) is 1.40. The topological polar surface area (TPSA) is 78.8 Å². The van der Waals surface area contributed by atoms with Crippen molar-refractivity contribution >= 4 is 62.6 Å². The maximum absolute atomic E-state index is 13.3. The molecular formula is C21H16Cl3N3O3S. The van der Waals surface area contributed by atoms with E-state index in [0.717, 1.165) is 4.31 Å². The third kappa shape index (κ3) is 5.77. The molecule has 0 fully saturated rings. The number of carbonyl (C=O) groups is 1. The van der Waals surface area contributed by atoms with Gasteiger partial charge in [-0.25, -0.2) is 13.8 Å². The molecule has 0 bridgehead atoms. The molecule has 10 heteroatoms. The number of halogens is 3. The molecule has 0 radical (unpaired) electrons. The molecule has 3 aromatic rings. The molecule has 0 aliphatic heterocycles. The second kappa shape index (κ2) is 10.2. The Morgan fingerprint density at radius 3 is 2.39 bits per heavy atom. The summed E-state index contributed by atoms with van der Waals surface area (Å²) in [7, 11) is -4.11. The van der Waals surface area contributed by atoms with Crippen molar-refractivity contribution in [2.24, 2.45) is 5.10 Å². The van der Waals surface area contributed by atoms with Crippen LogP contribution in [0.3, 0.4) is 0 Å². The van der Waals surface area contributed by atoms with E-state index in [1.807, 2.05) is 0 Å². The van der Waals surface area contributed by atoms with Gasteiger partial charge in [-0.15, -0.1) is 0 Å². The lowest BCUT2D eigenvalue weighted by molar-refractivity contribution is -0.119. The number of rotatable bonds is 7. The molecule has 31 heavy (non-hydrogen) atoms. The molecule has 160 valence electrons. The van der Waals surface area contributed by atoms with Crippen LogP contribution >= 0.6 is 34.8 Å². The van der Waals surface area contributed by atoms with Crippen molar-refractivity contribution in [3.05, 3.63) is 93.4 Å². The van der Waals surface area contributed by atoms with Gasteiger partial charge in [0.05, 0.1) is 26.8 Å². The third-order valence-corrected chi connectivity index (χ3v) is 6.89. The number of hydrogen-bond donors (Lipinski definition) is 1. The van der Waals surface area contributed by atoms with Crippen LogP contribution in [-0.4, -0.2) is 27.1 Å². The Labute approximate surface area is 195 Å². The minimum Gasteiger partial charge on any atom is -0.271 e. The van der Waals surface area contributed by atoms with Crippen molar-refractivity contribution in [1.29, 1.82) is 0 Å². The highest BCUT2D eigenvalue weighted by atomic mass is 35.5. The highest BCUT2D eigenvalue weighted by Gasteiger charge is 2.29. The fourth-order valence-electron chi connectivity index (χ4n) is 2.64. The lowest BCUT2D eigenvalue weighted by Crippen LogP contribution is -2.39. The molecule has 0 saturated carbocycles. The summed E-state index contributed by atoms with van der Waals surface area (Å²) in [5.74, 6) is -0.672. The first-order valence-electron chi connectivity index (χ1n) is 8.88. The van der Waals surface area contributed by atoms with Gasteiger partial charge in [-0.1, -0.05) is 71.2 Å². The van der Waals surface area contributed by atoms with Crippen molar-refractivity contribution in [1.82, 2.24) is 5.43 Å². The standard InChI is InChI=1S/C21H16Cl3N3O3S/c22-16-7-4-6-15(12-16)13-25-26-20(28)14-27(19-11-5-10-18(23)21(19)24)31(29,30)17-8-2-1-3-9-17/h1-13H,14H2,(H,26,28)/b25-13-. The number of anilines is 1. The smallest absolute Gasteiger partial charge is 0.264 e. The van der Waals surface area contributed by atoms with Crippen LogP contribution in [0.25, 0.3) is 0 Å². The van der Waals surface area contributed by atoms with E-state index in [1.54, 1.807) is 48.5 Å². The van der Waals surface area contributed by atoms with Gasteiger partial charge in [-0.3, -0.25) is 9.10 Å². The summed E-state index contributed by atoms with van der Waals surface area (Å²) in [5, 5.41) is 4.55. The first-order chi connectivity index (χ1) is 14.8. The molecule has 0 aromatic heterocycles. The van der Waals surface area contributed by atoms with Gasteiger partial charge in [0.2, 0.25) is 0 Å². The molecule has 0 aliphatic rings. The zero-order valence-corrected chi connectivity index (χ0v) is 19.0. The van der Waals surface area contributed by atoms with Crippen molar-refractivity contribution in [2.45, 2.75) is 4.90 Å². The summed E-state index contributed by atoms with van der Waals surface area (Å²) in [5.41, 5.74) is 3.06. The lowest BCUT2D eigenvalue weighted by Gasteiger charge is -2.24. The number of nitrogens with zero attached hydrogens (tertiary/aromatic N) is 2. The average Bonchev–Trinajstić information content (AvgIpc) is 2.75. The van der Waals surface area contributed by atoms with Crippen LogP contribution in [0.15, 0.2) is 82.8 Å². The van der Waals surface area contributed by atoms with Gasteiger partial charge < -0.3 is 0 Å². The normalized spacial score (nSPS) is 11.5. The van der Waals surface area contributed by atoms with E-state index in [1.165, 1.54) is 30.5 Å². The van der Waals surface area contributed by atoms with Crippen molar-refractivity contribution in [3.63, 3.8) is 0 Å². The van der Waals surface area contributed by atoms with Crippen molar-refractivity contribution in [3.8, 4) is 0 Å². The first kappa shape index (κ1) is 23.1. The molecule has 0 atom stereocenters. The monoisotopic (exact) mass is 495 g/mol. The van der Waals surface area contributed by atoms with E-state index in [2.05, 4.69) is 10.5 Å². The van der Waals surface area contributed by atoms with Gasteiger partial charge in [-0.05, 0) is 42.0 Å². The van der Waals surface area contributed by atoms with Gasteiger partial charge in [0.1, 0.15) is 6.54 Å². The van der Waals surface area contributed by atoms with E-state index >= 15 is 0 Å². The zero-order valence-electron chi connectivity index (χ0n) is 15.9. The maximum Gasteiger partial charge on any atom is 0.264 e. The minimum atomic E-state index is -4.11. The average molecular weight is 497 g/mol. The molecule has 3 aromatic carbocycles. The third-order valence-electron chi connectivity index (χ3n) is 4.07. The van der Waals surface area contributed by atoms with E-state index in [0.29, 0.717) is 10.6 Å².